The average Bonchev–Trinajstić information content (AvgIpc) is 2.84. The van der Waals surface area contributed by atoms with E-state index in [0.717, 1.165) is 0 Å². The molecule has 0 saturated heterocycles. The van der Waals surface area contributed by atoms with Crippen LogP contribution in [-0.2, 0) is 18.9 Å². The molecule has 186 valence electrons. The van der Waals surface area contributed by atoms with Crippen LogP contribution >= 0.6 is 21.6 Å². The first kappa shape index (κ1) is 28.2. The predicted octanol–water partition coefficient (Wildman–Crippen LogP) is 6.08. The summed E-state index contributed by atoms with van der Waals surface area (Å²) in [6.07, 6.45) is 0. The summed E-state index contributed by atoms with van der Waals surface area (Å²) < 4.78 is 22.5. The number of rotatable bonds is 15. The Morgan fingerprint density at radius 1 is 0.618 bits per heavy atom. The minimum atomic E-state index is -0.353. The van der Waals surface area contributed by atoms with Crippen molar-refractivity contribution in [3.8, 4) is 0 Å². The maximum absolute atomic E-state index is 12.0. The number of hydrogen-bond donors (Lipinski definition) is 0. The average molecular weight is 507 g/mol. The zero-order valence-corrected chi connectivity index (χ0v) is 21.8. The first-order chi connectivity index (χ1) is 16.4. The lowest BCUT2D eigenvalue weighted by molar-refractivity contribution is 0.0194. The molecule has 0 bridgehead atoms. The molecule has 0 fully saturated rings. The van der Waals surface area contributed by atoms with Gasteiger partial charge in [0.1, 0.15) is 24.1 Å². The van der Waals surface area contributed by atoms with Crippen molar-refractivity contribution < 1.29 is 28.5 Å². The molecule has 2 aromatic rings. The van der Waals surface area contributed by atoms with Crippen LogP contribution in [0.25, 0.3) is 0 Å². The highest BCUT2D eigenvalue weighted by Crippen LogP contribution is 2.38. The Kier molecular flexibility index (Phi) is 13.1. The normalized spacial score (nSPS) is 13.0. The van der Waals surface area contributed by atoms with E-state index in [2.05, 4.69) is 27.7 Å². The largest absolute Gasteiger partial charge is 0.460 e. The first-order valence-electron chi connectivity index (χ1n) is 11.4. The molecule has 0 aliphatic carbocycles. The van der Waals surface area contributed by atoms with Crippen molar-refractivity contribution in [2.45, 2.75) is 38.6 Å². The topological polar surface area (TPSA) is 71.1 Å². The fourth-order valence-electron chi connectivity index (χ4n) is 2.68. The fourth-order valence-corrected chi connectivity index (χ4v) is 5.98. The highest BCUT2D eigenvalue weighted by Gasteiger charge is 2.21. The molecule has 0 aliphatic heterocycles. The van der Waals surface area contributed by atoms with Crippen molar-refractivity contribution in [1.82, 2.24) is 0 Å². The van der Waals surface area contributed by atoms with Crippen molar-refractivity contribution in [3.05, 3.63) is 71.8 Å². The number of ether oxygens (including phenoxy) is 4. The summed E-state index contributed by atoms with van der Waals surface area (Å²) in [7, 11) is 3.21. The molecule has 0 aromatic heterocycles. The number of carbonyl (C=O) groups is 2. The van der Waals surface area contributed by atoms with Gasteiger partial charge >= 0.3 is 11.9 Å². The molecule has 0 heterocycles. The fraction of sp³-hybridized carbons (Fsp3) is 0.462. The van der Waals surface area contributed by atoms with Gasteiger partial charge in [0, 0.05) is 0 Å². The van der Waals surface area contributed by atoms with Gasteiger partial charge in [0.15, 0.2) is 0 Å². The molecule has 8 heteroatoms. The molecule has 2 unspecified atom stereocenters. The second-order valence-corrected chi connectivity index (χ2v) is 10.6. The molecule has 2 atom stereocenters. The van der Waals surface area contributed by atoms with Crippen molar-refractivity contribution in [1.29, 1.82) is 0 Å². The molecule has 0 N–H and O–H groups in total. The quantitative estimate of drug-likeness (QED) is 0.125. The number of hydrogen-bond acceptors (Lipinski definition) is 8. The summed E-state index contributed by atoms with van der Waals surface area (Å²) in [5, 5.41) is 0. The second kappa shape index (κ2) is 15.8. The van der Waals surface area contributed by atoms with E-state index in [4.69, 9.17) is 18.9 Å². The van der Waals surface area contributed by atoms with Crippen LogP contribution in [0.4, 0.5) is 0 Å². The second-order valence-electron chi connectivity index (χ2n) is 8.16. The Hall–Kier alpha value is -2.00. The number of esters is 2. The molecule has 0 amide bonds. The molecule has 2 aromatic carbocycles. The van der Waals surface area contributed by atoms with Crippen molar-refractivity contribution in [2.75, 3.05) is 26.4 Å². The summed E-state index contributed by atoms with van der Waals surface area (Å²) in [5.41, 5.74) is 0.890. The third-order valence-corrected chi connectivity index (χ3v) is 7.87. The van der Waals surface area contributed by atoms with E-state index in [9.17, 15) is 9.59 Å². The number of carbonyl (C=O) groups excluding carboxylic acids is 2. The van der Waals surface area contributed by atoms with Gasteiger partial charge < -0.3 is 18.9 Å². The van der Waals surface area contributed by atoms with Gasteiger partial charge in [-0.2, -0.15) is 0 Å². The summed E-state index contributed by atoms with van der Waals surface area (Å²) in [6.45, 7) is 9.36. The minimum Gasteiger partial charge on any atom is -0.460 e. The lowest BCUT2D eigenvalue weighted by atomic mass is 10.2. The molecule has 6 nitrogen and oxygen atoms in total. The molecule has 2 rings (SSSR count). The van der Waals surface area contributed by atoms with Crippen LogP contribution in [-0.4, -0.2) is 49.2 Å². The summed E-state index contributed by atoms with van der Waals surface area (Å²) in [4.78, 5) is 24.1. The van der Waals surface area contributed by atoms with Gasteiger partial charge in [-0.25, -0.2) is 9.59 Å². The monoisotopic (exact) mass is 506 g/mol. The van der Waals surface area contributed by atoms with Crippen molar-refractivity contribution in [3.63, 3.8) is 0 Å². The van der Waals surface area contributed by atoms with E-state index >= 15 is 0 Å². The van der Waals surface area contributed by atoms with E-state index in [0.29, 0.717) is 24.3 Å². The number of benzene rings is 2. The third-order valence-electron chi connectivity index (χ3n) is 4.55. The molecular weight excluding hydrogens is 472 g/mol. The maximum atomic E-state index is 12.0. The summed E-state index contributed by atoms with van der Waals surface area (Å²) in [5.74, 6) is -0.175. The van der Waals surface area contributed by atoms with Crippen molar-refractivity contribution >= 4 is 33.5 Å². The Bertz CT molecular complexity index is 773. The smallest absolute Gasteiger partial charge is 0.338 e. The van der Waals surface area contributed by atoms with Gasteiger partial charge in [-0.1, -0.05) is 85.7 Å². The lowest BCUT2D eigenvalue weighted by Crippen LogP contribution is -2.22. The Labute approximate surface area is 210 Å². The third kappa shape index (κ3) is 10.5. The molecule has 34 heavy (non-hydrogen) atoms. The van der Waals surface area contributed by atoms with E-state index in [1.807, 2.05) is 12.1 Å². The van der Waals surface area contributed by atoms with Crippen LogP contribution in [0.15, 0.2) is 60.7 Å². The van der Waals surface area contributed by atoms with E-state index in [1.54, 1.807) is 70.1 Å². The van der Waals surface area contributed by atoms with Crippen LogP contribution in [0, 0.1) is 11.8 Å². The van der Waals surface area contributed by atoms with Gasteiger partial charge in [-0.15, -0.1) is 0 Å². The Balaban J connectivity index is 1.69. The van der Waals surface area contributed by atoms with Gasteiger partial charge in [0.2, 0.25) is 0 Å². The Morgan fingerprint density at radius 3 is 1.29 bits per heavy atom. The highest BCUT2D eigenvalue weighted by molar-refractivity contribution is 8.77. The van der Waals surface area contributed by atoms with Gasteiger partial charge in [0.25, 0.3) is 0 Å². The summed E-state index contributed by atoms with van der Waals surface area (Å²) in [6, 6.07) is 17.8. The maximum Gasteiger partial charge on any atom is 0.338 e. The zero-order chi connectivity index (χ0) is 24.8. The lowest BCUT2D eigenvalue weighted by Gasteiger charge is -2.25. The first-order valence-corrected chi connectivity index (χ1v) is 13.7. The predicted molar refractivity (Wildman–Crippen MR) is 138 cm³/mol. The van der Waals surface area contributed by atoms with Gasteiger partial charge in [0.05, 0.1) is 24.3 Å². The highest BCUT2D eigenvalue weighted by atomic mass is 33.1. The summed E-state index contributed by atoms with van der Waals surface area (Å²) >= 11 is 0. The van der Waals surface area contributed by atoms with Crippen LogP contribution in [0.5, 0.6) is 0 Å². The van der Waals surface area contributed by atoms with Crippen LogP contribution in [0.2, 0.25) is 0 Å². The molecular formula is C26H34O6S2. The van der Waals surface area contributed by atoms with Gasteiger partial charge in [-0.05, 0) is 36.1 Å². The van der Waals surface area contributed by atoms with E-state index in [-0.39, 0.29) is 47.9 Å². The molecule has 0 aliphatic rings. The van der Waals surface area contributed by atoms with Gasteiger partial charge in [-0.3, -0.25) is 0 Å². The molecule has 0 spiro atoms. The SMILES string of the molecule is CC(C)C(OCCOC(=O)c1ccccc1)SSC(OCCOC(=O)c1ccccc1)C(C)C. The minimum absolute atomic E-state index is 0.0822. The van der Waals surface area contributed by atoms with E-state index < -0.39 is 0 Å². The standard InChI is InChI=1S/C26H34O6S2/c1-19(2)25(31-17-15-29-23(27)21-11-7-5-8-12-21)33-34-26(20(3)4)32-18-16-30-24(28)22-13-9-6-10-14-22/h5-14,19-20,25-26H,15-18H2,1-4H3. The van der Waals surface area contributed by atoms with Crippen LogP contribution in [0.3, 0.4) is 0 Å². The zero-order valence-electron chi connectivity index (χ0n) is 20.2. The molecule has 0 saturated carbocycles. The molecule has 0 radical (unpaired) electrons. The van der Waals surface area contributed by atoms with Crippen molar-refractivity contribution in [2.24, 2.45) is 11.8 Å². The van der Waals surface area contributed by atoms with Crippen LogP contribution in [0.1, 0.15) is 48.4 Å². The van der Waals surface area contributed by atoms with Crippen LogP contribution < -0.4 is 0 Å². The Morgan fingerprint density at radius 2 is 0.971 bits per heavy atom. The van der Waals surface area contributed by atoms with E-state index in [1.165, 1.54) is 0 Å².